The number of hydrogen-bond donors (Lipinski definition) is 0. The van der Waals surface area contributed by atoms with E-state index < -0.39 is 0 Å². The normalized spacial score (nSPS) is 21.8. The highest BCUT2D eigenvalue weighted by molar-refractivity contribution is 6.64. The van der Waals surface area contributed by atoms with Gasteiger partial charge in [0.2, 0.25) is 0 Å². The topological polar surface area (TPSA) is 36.3 Å². The molecule has 126 valence electrons. The van der Waals surface area contributed by atoms with Gasteiger partial charge in [0.05, 0.1) is 16.9 Å². The van der Waals surface area contributed by atoms with Crippen molar-refractivity contribution in [1.82, 2.24) is 9.78 Å². The molecule has 0 atom stereocenters. The first-order chi connectivity index (χ1) is 11.4. The van der Waals surface area contributed by atoms with Crippen molar-refractivity contribution in [2.45, 2.75) is 64.7 Å². The molecule has 5 heteroatoms. The van der Waals surface area contributed by atoms with Crippen LogP contribution >= 0.6 is 0 Å². The predicted molar refractivity (Wildman–Crippen MR) is 96.3 cm³/mol. The zero-order valence-corrected chi connectivity index (χ0v) is 15.0. The lowest BCUT2D eigenvalue weighted by atomic mass is 9.74. The van der Waals surface area contributed by atoms with Gasteiger partial charge in [0.15, 0.2) is 0 Å². The van der Waals surface area contributed by atoms with Crippen molar-refractivity contribution < 1.29 is 9.31 Å². The summed E-state index contributed by atoms with van der Waals surface area (Å²) in [7, 11) is -0.355. The number of rotatable bonds is 2. The summed E-state index contributed by atoms with van der Waals surface area (Å²) in [6.45, 7) is 9.39. The molecule has 0 amide bonds. The number of benzene rings is 1. The number of aromatic nitrogens is 2. The Bertz CT molecular complexity index is 736. The molecule has 0 saturated carbocycles. The maximum Gasteiger partial charge on any atom is 0.499 e. The van der Waals surface area contributed by atoms with Crippen LogP contribution in [0, 0.1) is 0 Å². The number of fused-ring (bicyclic) bond motifs is 1. The second-order valence-electron chi connectivity index (χ2n) is 7.84. The van der Waals surface area contributed by atoms with Crippen molar-refractivity contribution in [2.24, 2.45) is 0 Å². The summed E-state index contributed by atoms with van der Waals surface area (Å²) >= 11 is 0. The molecule has 0 aliphatic carbocycles. The Kier molecular flexibility index (Phi) is 3.62. The molecule has 2 aromatic rings. The van der Waals surface area contributed by atoms with Crippen molar-refractivity contribution >= 4 is 12.6 Å². The van der Waals surface area contributed by atoms with Gasteiger partial charge < -0.3 is 9.31 Å². The van der Waals surface area contributed by atoms with Gasteiger partial charge in [-0.25, -0.2) is 0 Å². The van der Waals surface area contributed by atoms with E-state index in [4.69, 9.17) is 14.4 Å². The molecule has 4 nitrogen and oxygen atoms in total. The standard InChI is InChI=1S/C19H25BN2O2/c1-18(2)19(3,4)24-20(23-18)16-15-12-8-9-13-22(15)21-17(16)14-10-6-5-7-11-14/h5-7,10-11H,8-9,12-13H2,1-4H3. The van der Waals surface area contributed by atoms with Crippen LogP contribution in [0.15, 0.2) is 30.3 Å². The lowest BCUT2D eigenvalue weighted by Crippen LogP contribution is -2.41. The summed E-state index contributed by atoms with van der Waals surface area (Å²) in [4.78, 5) is 0. The third-order valence-corrected chi connectivity index (χ3v) is 5.67. The Morgan fingerprint density at radius 3 is 2.33 bits per heavy atom. The molecule has 1 aromatic carbocycles. The SMILES string of the molecule is CC1(C)OB(c2c(-c3ccccc3)nn3c2CCCC3)OC1(C)C. The second-order valence-corrected chi connectivity index (χ2v) is 7.84. The molecule has 0 unspecified atom stereocenters. The van der Waals surface area contributed by atoms with Crippen molar-refractivity contribution in [3.63, 3.8) is 0 Å². The van der Waals surface area contributed by atoms with Crippen LogP contribution in [0.4, 0.5) is 0 Å². The first kappa shape index (κ1) is 15.9. The van der Waals surface area contributed by atoms with E-state index in [1.807, 2.05) is 6.07 Å². The highest BCUT2D eigenvalue weighted by Gasteiger charge is 2.53. The number of hydrogen-bond acceptors (Lipinski definition) is 3. The van der Waals surface area contributed by atoms with E-state index in [2.05, 4.69) is 56.6 Å². The van der Waals surface area contributed by atoms with Crippen molar-refractivity contribution in [3.05, 3.63) is 36.0 Å². The van der Waals surface area contributed by atoms with Crippen molar-refractivity contribution in [3.8, 4) is 11.3 Å². The molecule has 4 rings (SSSR count). The Morgan fingerprint density at radius 2 is 1.67 bits per heavy atom. The fourth-order valence-corrected chi connectivity index (χ4v) is 3.53. The van der Waals surface area contributed by atoms with Gasteiger partial charge in [-0.3, -0.25) is 4.68 Å². The Labute approximate surface area is 144 Å². The smallest absolute Gasteiger partial charge is 0.399 e. The van der Waals surface area contributed by atoms with Gasteiger partial charge in [-0.1, -0.05) is 30.3 Å². The minimum atomic E-state index is -0.355. The molecule has 0 N–H and O–H groups in total. The van der Waals surface area contributed by atoms with Gasteiger partial charge in [-0.05, 0) is 47.0 Å². The predicted octanol–water partition coefficient (Wildman–Crippen LogP) is 3.19. The molecule has 2 aliphatic rings. The average molecular weight is 324 g/mol. The first-order valence-electron chi connectivity index (χ1n) is 8.90. The maximum atomic E-state index is 6.36. The van der Waals surface area contributed by atoms with Gasteiger partial charge in [-0.15, -0.1) is 0 Å². The lowest BCUT2D eigenvalue weighted by molar-refractivity contribution is 0.00578. The molecular formula is C19H25BN2O2. The van der Waals surface area contributed by atoms with E-state index in [-0.39, 0.29) is 18.3 Å². The Hall–Kier alpha value is -1.59. The van der Waals surface area contributed by atoms with E-state index in [1.54, 1.807) is 0 Å². The van der Waals surface area contributed by atoms with E-state index >= 15 is 0 Å². The zero-order chi connectivity index (χ0) is 16.9. The number of nitrogens with zero attached hydrogens (tertiary/aromatic N) is 2. The molecule has 0 spiro atoms. The van der Waals surface area contributed by atoms with Crippen LogP contribution in [0.25, 0.3) is 11.3 Å². The van der Waals surface area contributed by atoms with E-state index in [1.165, 1.54) is 18.5 Å². The van der Waals surface area contributed by atoms with Crippen LogP contribution in [-0.4, -0.2) is 28.1 Å². The largest absolute Gasteiger partial charge is 0.499 e. The zero-order valence-electron chi connectivity index (χ0n) is 15.0. The van der Waals surface area contributed by atoms with Crippen LogP contribution in [0.2, 0.25) is 0 Å². The summed E-state index contributed by atoms with van der Waals surface area (Å²) < 4.78 is 14.9. The molecule has 3 heterocycles. The average Bonchev–Trinajstić information content (AvgIpc) is 3.03. The third kappa shape index (κ3) is 2.42. The van der Waals surface area contributed by atoms with Crippen LogP contribution in [0.1, 0.15) is 46.2 Å². The van der Waals surface area contributed by atoms with E-state index in [0.29, 0.717) is 0 Å². The van der Waals surface area contributed by atoms with Gasteiger partial charge in [-0.2, -0.15) is 5.10 Å². The summed E-state index contributed by atoms with van der Waals surface area (Å²) in [6, 6.07) is 10.4. The first-order valence-corrected chi connectivity index (χ1v) is 8.90. The Morgan fingerprint density at radius 1 is 1.00 bits per heavy atom. The van der Waals surface area contributed by atoms with Gasteiger partial charge in [0.1, 0.15) is 0 Å². The van der Waals surface area contributed by atoms with Crippen molar-refractivity contribution in [2.75, 3.05) is 0 Å². The third-order valence-electron chi connectivity index (χ3n) is 5.67. The van der Waals surface area contributed by atoms with E-state index in [0.717, 1.165) is 29.7 Å². The van der Waals surface area contributed by atoms with Crippen LogP contribution in [0.3, 0.4) is 0 Å². The molecule has 1 fully saturated rings. The highest BCUT2D eigenvalue weighted by atomic mass is 16.7. The molecule has 1 saturated heterocycles. The Balaban J connectivity index is 1.84. The fraction of sp³-hybridized carbons (Fsp3) is 0.526. The highest BCUT2D eigenvalue weighted by Crippen LogP contribution is 2.38. The van der Waals surface area contributed by atoms with Crippen LogP contribution in [0.5, 0.6) is 0 Å². The van der Waals surface area contributed by atoms with Gasteiger partial charge >= 0.3 is 7.12 Å². The maximum absolute atomic E-state index is 6.36. The molecule has 0 bridgehead atoms. The van der Waals surface area contributed by atoms with Crippen molar-refractivity contribution in [1.29, 1.82) is 0 Å². The van der Waals surface area contributed by atoms with Gasteiger partial charge in [0.25, 0.3) is 0 Å². The number of aryl methyl sites for hydroxylation is 1. The fourth-order valence-electron chi connectivity index (χ4n) is 3.53. The quantitative estimate of drug-likeness (QED) is 0.796. The van der Waals surface area contributed by atoms with Crippen LogP contribution < -0.4 is 5.46 Å². The summed E-state index contributed by atoms with van der Waals surface area (Å²) in [5, 5.41) is 4.92. The molecule has 0 radical (unpaired) electrons. The minimum absolute atomic E-state index is 0.338. The molecular weight excluding hydrogens is 299 g/mol. The lowest BCUT2D eigenvalue weighted by Gasteiger charge is -2.32. The minimum Gasteiger partial charge on any atom is -0.399 e. The molecule has 24 heavy (non-hydrogen) atoms. The monoisotopic (exact) mass is 324 g/mol. The molecule has 2 aliphatic heterocycles. The summed E-state index contributed by atoms with van der Waals surface area (Å²) in [5.41, 5.74) is 3.86. The summed E-state index contributed by atoms with van der Waals surface area (Å²) in [5.74, 6) is 0. The van der Waals surface area contributed by atoms with Gasteiger partial charge in [0, 0.05) is 23.3 Å². The van der Waals surface area contributed by atoms with Crippen LogP contribution in [-0.2, 0) is 22.3 Å². The molecule has 1 aromatic heterocycles. The van der Waals surface area contributed by atoms with E-state index in [9.17, 15) is 0 Å². The summed E-state index contributed by atoms with van der Waals surface area (Å²) in [6.07, 6.45) is 3.43. The second kappa shape index (κ2) is 5.46.